The van der Waals surface area contributed by atoms with Gasteiger partial charge in [0.15, 0.2) is 0 Å². The highest BCUT2D eigenvalue weighted by Gasteiger charge is 2.27. The summed E-state index contributed by atoms with van der Waals surface area (Å²) in [6, 6.07) is 0. The maximum Gasteiger partial charge on any atom is 0.333 e. The van der Waals surface area contributed by atoms with Gasteiger partial charge in [-0.05, 0) is 27.2 Å². The maximum atomic E-state index is 11.1. The van der Waals surface area contributed by atoms with Crippen LogP contribution in [0.5, 0.6) is 0 Å². The molecule has 0 aromatic carbocycles. The molecule has 0 bridgehead atoms. The van der Waals surface area contributed by atoms with Gasteiger partial charge in [-0.25, -0.2) is 4.79 Å². The number of esters is 1. The molecule has 3 nitrogen and oxygen atoms in total. The van der Waals surface area contributed by atoms with E-state index in [1.165, 1.54) is 0 Å². The number of ether oxygens (including phenoxy) is 1. The van der Waals surface area contributed by atoms with Crippen LogP contribution in [0.2, 0.25) is 0 Å². The van der Waals surface area contributed by atoms with Gasteiger partial charge in [-0.15, -0.1) is 0 Å². The molecular weight excluding hydrogens is 228 g/mol. The van der Waals surface area contributed by atoms with E-state index in [2.05, 4.69) is 24.5 Å². The summed E-state index contributed by atoms with van der Waals surface area (Å²) in [6.07, 6.45) is 3.43. The van der Waals surface area contributed by atoms with Crippen molar-refractivity contribution in [3.8, 4) is 11.8 Å². The number of carbonyl (C=O) groups is 1. The van der Waals surface area contributed by atoms with E-state index in [0.717, 1.165) is 12.0 Å². The van der Waals surface area contributed by atoms with E-state index in [0.29, 0.717) is 18.6 Å². The molecule has 0 radical (unpaired) electrons. The van der Waals surface area contributed by atoms with Gasteiger partial charge in [0.05, 0.1) is 6.61 Å². The zero-order valence-corrected chi connectivity index (χ0v) is 11.2. The molecule has 0 aliphatic carbocycles. The summed E-state index contributed by atoms with van der Waals surface area (Å²) in [5.41, 5.74) is 0.737. The quantitative estimate of drug-likeness (QED) is 0.360. The zero-order chi connectivity index (χ0) is 13.8. The summed E-state index contributed by atoms with van der Waals surface area (Å²) in [7, 11) is 0. The van der Waals surface area contributed by atoms with Gasteiger partial charge in [0.1, 0.15) is 5.60 Å². The van der Waals surface area contributed by atoms with Crippen molar-refractivity contribution in [2.75, 3.05) is 6.61 Å². The first-order valence-electron chi connectivity index (χ1n) is 6.03. The topological polar surface area (TPSA) is 46.5 Å². The molecular formula is C15H20O3. The third kappa shape index (κ3) is 4.77. The lowest BCUT2D eigenvalue weighted by molar-refractivity contribution is -0.135. The fraction of sp³-hybridized carbons (Fsp3) is 0.533. The normalized spacial score (nSPS) is 20.4. The first-order valence-corrected chi connectivity index (χ1v) is 6.03. The van der Waals surface area contributed by atoms with Crippen LogP contribution >= 0.6 is 0 Å². The van der Waals surface area contributed by atoms with E-state index < -0.39 is 5.60 Å². The van der Waals surface area contributed by atoms with Crippen molar-refractivity contribution in [2.24, 2.45) is 5.92 Å². The summed E-state index contributed by atoms with van der Waals surface area (Å²) in [6.45, 7) is 9.45. The van der Waals surface area contributed by atoms with Crippen molar-refractivity contribution in [1.29, 1.82) is 0 Å². The number of hydrogen-bond donors (Lipinski definition) is 1. The van der Waals surface area contributed by atoms with Crippen molar-refractivity contribution in [3.63, 3.8) is 0 Å². The van der Waals surface area contributed by atoms with E-state index in [1.54, 1.807) is 13.8 Å². The third-order valence-corrected chi connectivity index (χ3v) is 2.68. The Hall–Kier alpha value is -1.53. The molecule has 1 N–H and O–H groups in total. The Kier molecular flexibility index (Phi) is 4.75. The van der Waals surface area contributed by atoms with Crippen molar-refractivity contribution >= 4 is 5.97 Å². The van der Waals surface area contributed by atoms with E-state index >= 15 is 0 Å². The SMILES string of the molecule is C=C1C(=O)OC[C@@H]1C/C=C(\C)CC#CC(C)(C)O. The van der Waals surface area contributed by atoms with Crippen LogP contribution < -0.4 is 0 Å². The first-order chi connectivity index (χ1) is 8.29. The highest BCUT2D eigenvalue weighted by molar-refractivity contribution is 5.90. The van der Waals surface area contributed by atoms with E-state index in [-0.39, 0.29) is 11.9 Å². The second-order valence-corrected chi connectivity index (χ2v) is 5.14. The first kappa shape index (κ1) is 14.5. The fourth-order valence-electron chi connectivity index (χ4n) is 1.56. The molecule has 0 saturated carbocycles. The Morgan fingerprint density at radius 3 is 2.83 bits per heavy atom. The molecule has 0 amide bonds. The summed E-state index contributed by atoms with van der Waals surface area (Å²) >= 11 is 0. The van der Waals surface area contributed by atoms with Crippen molar-refractivity contribution in [3.05, 3.63) is 23.8 Å². The van der Waals surface area contributed by atoms with Crippen LogP contribution in [0.1, 0.15) is 33.6 Å². The molecule has 1 aliphatic heterocycles. The summed E-state index contributed by atoms with van der Waals surface area (Å²) in [5.74, 6) is 5.50. The second kappa shape index (κ2) is 5.88. The number of cyclic esters (lactones) is 1. The van der Waals surface area contributed by atoms with E-state index in [4.69, 9.17) is 4.74 Å². The van der Waals surface area contributed by atoms with Crippen LogP contribution in [0.15, 0.2) is 23.8 Å². The second-order valence-electron chi connectivity index (χ2n) is 5.14. The number of rotatable bonds is 3. The highest BCUT2D eigenvalue weighted by Crippen LogP contribution is 2.23. The van der Waals surface area contributed by atoms with Gasteiger partial charge in [-0.3, -0.25) is 0 Å². The molecule has 18 heavy (non-hydrogen) atoms. The summed E-state index contributed by atoms with van der Waals surface area (Å²) < 4.78 is 4.91. The summed E-state index contributed by atoms with van der Waals surface area (Å²) in [5, 5.41) is 9.44. The number of aliphatic hydroxyl groups is 1. The number of allylic oxidation sites excluding steroid dienone is 2. The lowest BCUT2D eigenvalue weighted by Crippen LogP contribution is -2.14. The Labute approximate surface area is 109 Å². The van der Waals surface area contributed by atoms with Crippen LogP contribution in [0.4, 0.5) is 0 Å². The van der Waals surface area contributed by atoms with Crippen LogP contribution in [-0.4, -0.2) is 23.3 Å². The maximum absolute atomic E-state index is 11.1. The lowest BCUT2D eigenvalue weighted by atomic mass is 9.98. The van der Waals surface area contributed by atoms with E-state index in [9.17, 15) is 9.90 Å². The molecule has 1 atom stereocenters. The Bertz CT molecular complexity index is 427. The van der Waals surface area contributed by atoms with Crippen molar-refractivity contribution in [2.45, 2.75) is 39.2 Å². The van der Waals surface area contributed by atoms with E-state index in [1.807, 2.05) is 6.92 Å². The minimum atomic E-state index is -0.944. The van der Waals surface area contributed by atoms with Gasteiger partial charge in [-0.1, -0.05) is 30.1 Å². The van der Waals surface area contributed by atoms with Gasteiger partial charge in [-0.2, -0.15) is 0 Å². The van der Waals surface area contributed by atoms with Crippen LogP contribution in [0, 0.1) is 17.8 Å². The largest absolute Gasteiger partial charge is 0.462 e. The van der Waals surface area contributed by atoms with Crippen molar-refractivity contribution in [1.82, 2.24) is 0 Å². The molecule has 98 valence electrons. The predicted octanol–water partition coefficient (Wildman–Crippen LogP) is 2.22. The average Bonchev–Trinajstić information content (AvgIpc) is 2.55. The number of hydrogen-bond acceptors (Lipinski definition) is 3. The van der Waals surface area contributed by atoms with Crippen LogP contribution in [0.25, 0.3) is 0 Å². The van der Waals surface area contributed by atoms with Gasteiger partial charge in [0.25, 0.3) is 0 Å². The minimum Gasteiger partial charge on any atom is -0.462 e. The van der Waals surface area contributed by atoms with Gasteiger partial charge in [0.2, 0.25) is 0 Å². The third-order valence-electron chi connectivity index (χ3n) is 2.68. The minimum absolute atomic E-state index is 0.0923. The zero-order valence-electron chi connectivity index (χ0n) is 11.2. The highest BCUT2D eigenvalue weighted by atomic mass is 16.5. The van der Waals surface area contributed by atoms with Gasteiger partial charge < -0.3 is 9.84 Å². The average molecular weight is 248 g/mol. The Balaban J connectivity index is 2.45. The standard InChI is InChI=1S/C15H20O3/c1-11(6-5-9-15(3,4)17)7-8-13-10-18-14(16)12(13)2/h7,13,17H,2,6,8,10H2,1,3-4H3/b11-7+/t13-/m0/s1. The number of carbonyl (C=O) groups excluding carboxylic acids is 1. The van der Waals surface area contributed by atoms with Gasteiger partial charge in [0, 0.05) is 17.9 Å². The predicted molar refractivity (Wildman–Crippen MR) is 70.7 cm³/mol. The molecule has 1 rings (SSSR count). The lowest BCUT2D eigenvalue weighted by Gasteiger charge is -2.06. The molecule has 1 aliphatic rings. The van der Waals surface area contributed by atoms with Crippen LogP contribution in [-0.2, 0) is 9.53 Å². The fourth-order valence-corrected chi connectivity index (χ4v) is 1.56. The van der Waals surface area contributed by atoms with Crippen molar-refractivity contribution < 1.29 is 14.6 Å². The molecule has 0 unspecified atom stereocenters. The summed E-state index contributed by atoms with van der Waals surface area (Å²) in [4.78, 5) is 11.1. The Morgan fingerprint density at radius 2 is 2.33 bits per heavy atom. The van der Waals surface area contributed by atoms with Gasteiger partial charge >= 0.3 is 5.97 Å². The molecule has 3 heteroatoms. The molecule has 0 spiro atoms. The molecule has 1 fully saturated rings. The monoisotopic (exact) mass is 248 g/mol. The molecule has 1 heterocycles. The molecule has 0 aromatic heterocycles. The smallest absolute Gasteiger partial charge is 0.333 e. The van der Waals surface area contributed by atoms with Crippen LogP contribution in [0.3, 0.4) is 0 Å². The molecule has 1 saturated heterocycles. The Morgan fingerprint density at radius 1 is 1.67 bits per heavy atom. The molecule has 0 aromatic rings.